The van der Waals surface area contributed by atoms with E-state index in [1.165, 1.54) is 16.3 Å². The molecule has 0 saturated carbocycles. The molecular formula is C29H36N4O3S. The second kappa shape index (κ2) is 11.3. The minimum absolute atomic E-state index is 0.00332. The first kappa shape index (κ1) is 25.8. The maximum Gasteiger partial charge on any atom is 0.246 e. The highest BCUT2D eigenvalue weighted by Gasteiger charge is 2.40. The molecule has 1 aromatic heterocycles. The average Bonchev–Trinajstić information content (AvgIpc) is 3.62. The highest BCUT2D eigenvalue weighted by molar-refractivity contribution is 7.10. The first-order chi connectivity index (χ1) is 18.0. The number of carbonyl (C=O) groups excluding carboxylic acids is 2. The van der Waals surface area contributed by atoms with Crippen LogP contribution in [-0.4, -0.2) is 60.6 Å². The Hall–Kier alpha value is -2.81. The lowest BCUT2D eigenvalue weighted by Gasteiger charge is -2.35. The second-order valence-electron chi connectivity index (χ2n) is 10.2. The van der Waals surface area contributed by atoms with Crippen LogP contribution in [-0.2, 0) is 14.3 Å². The molecule has 196 valence electrons. The van der Waals surface area contributed by atoms with Gasteiger partial charge in [0.1, 0.15) is 11.0 Å². The fourth-order valence-electron chi connectivity index (χ4n) is 5.54. The van der Waals surface area contributed by atoms with Gasteiger partial charge >= 0.3 is 0 Å². The van der Waals surface area contributed by atoms with Gasteiger partial charge < -0.3 is 20.3 Å². The van der Waals surface area contributed by atoms with Crippen molar-refractivity contribution in [2.75, 3.05) is 26.8 Å². The summed E-state index contributed by atoms with van der Waals surface area (Å²) in [6.07, 6.45) is 3.35. The topological polar surface area (TPSA) is 83.6 Å². The molecule has 7 nitrogen and oxygen atoms in total. The molecular weight excluding hydrogens is 484 g/mol. The normalized spacial score (nSPS) is 20.2. The molecule has 8 heteroatoms. The van der Waals surface area contributed by atoms with Crippen LogP contribution in [0.1, 0.15) is 49.2 Å². The standard InChI is InChI=1S/C29H36N4O3S/c1-18-10-11-23(22-8-5-4-7-21(18)22)24-17-37-28(31-24)25-9-6-14-33(25)29(35)26(20-12-15-36-16-13-20)32-27(34)19(2)30-3/h4-5,7-8,10-11,17,19-20,25-26,30H,6,9,12-16H2,1-3H3,(H,32,34)/t19-,25-,26+/m0/s1. The van der Waals surface area contributed by atoms with Gasteiger partial charge in [0.25, 0.3) is 0 Å². The smallest absolute Gasteiger partial charge is 0.246 e. The molecule has 0 unspecified atom stereocenters. The van der Waals surface area contributed by atoms with Crippen molar-refractivity contribution in [1.82, 2.24) is 20.5 Å². The first-order valence-corrected chi connectivity index (χ1v) is 14.2. The fraction of sp³-hybridized carbons (Fsp3) is 0.483. The molecule has 0 bridgehead atoms. The molecule has 2 aliphatic heterocycles. The molecule has 5 rings (SSSR count). The number of likely N-dealkylation sites (N-methyl/N-ethyl adjacent to an activating group) is 1. The van der Waals surface area contributed by atoms with E-state index in [1.807, 2.05) is 11.8 Å². The van der Waals surface area contributed by atoms with Crippen LogP contribution in [0.5, 0.6) is 0 Å². The van der Waals surface area contributed by atoms with Gasteiger partial charge in [0.05, 0.1) is 17.8 Å². The van der Waals surface area contributed by atoms with Crippen molar-refractivity contribution < 1.29 is 14.3 Å². The number of hydrogen-bond donors (Lipinski definition) is 2. The summed E-state index contributed by atoms with van der Waals surface area (Å²) < 4.78 is 5.54. The van der Waals surface area contributed by atoms with Crippen molar-refractivity contribution in [3.63, 3.8) is 0 Å². The molecule has 37 heavy (non-hydrogen) atoms. The van der Waals surface area contributed by atoms with E-state index in [4.69, 9.17) is 9.72 Å². The molecule has 3 atom stereocenters. The zero-order valence-electron chi connectivity index (χ0n) is 21.8. The first-order valence-electron chi connectivity index (χ1n) is 13.3. The van der Waals surface area contributed by atoms with Crippen LogP contribution in [0.3, 0.4) is 0 Å². The van der Waals surface area contributed by atoms with Crippen molar-refractivity contribution in [3.8, 4) is 11.3 Å². The van der Waals surface area contributed by atoms with E-state index in [2.05, 4.69) is 59.3 Å². The van der Waals surface area contributed by atoms with Gasteiger partial charge in [-0.1, -0.05) is 36.4 Å². The number of carbonyl (C=O) groups is 2. The highest BCUT2D eigenvalue weighted by atomic mass is 32.1. The Morgan fingerprint density at radius 3 is 2.62 bits per heavy atom. The number of rotatable bonds is 7. The van der Waals surface area contributed by atoms with Gasteiger partial charge in [-0.2, -0.15) is 0 Å². The number of fused-ring (bicyclic) bond motifs is 1. The molecule has 2 aliphatic rings. The summed E-state index contributed by atoms with van der Waals surface area (Å²) in [5.74, 6) is -0.0734. The van der Waals surface area contributed by atoms with Crippen molar-refractivity contribution in [3.05, 3.63) is 52.3 Å². The van der Waals surface area contributed by atoms with E-state index < -0.39 is 6.04 Å². The number of hydrogen-bond acceptors (Lipinski definition) is 6. The summed E-state index contributed by atoms with van der Waals surface area (Å²) in [5, 5.41) is 11.6. The van der Waals surface area contributed by atoms with Gasteiger partial charge in [-0.15, -0.1) is 11.3 Å². The number of ether oxygens (including phenoxy) is 1. The number of thiazole rings is 1. The summed E-state index contributed by atoms with van der Waals surface area (Å²) in [5.41, 5.74) is 3.32. The summed E-state index contributed by atoms with van der Waals surface area (Å²) in [4.78, 5) is 33.8. The minimum Gasteiger partial charge on any atom is -0.381 e. The van der Waals surface area contributed by atoms with E-state index in [9.17, 15) is 9.59 Å². The Bertz CT molecular complexity index is 1270. The zero-order chi connectivity index (χ0) is 25.9. The Morgan fingerprint density at radius 2 is 1.86 bits per heavy atom. The lowest BCUT2D eigenvalue weighted by Crippen LogP contribution is -2.56. The number of aromatic nitrogens is 1. The van der Waals surface area contributed by atoms with Crippen LogP contribution < -0.4 is 10.6 Å². The Labute approximate surface area is 222 Å². The van der Waals surface area contributed by atoms with Gasteiger partial charge in [0.15, 0.2) is 0 Å². The van der Waals surface area contributed by atoms with Crippen LogP contribution in [0.4, 0.5) is 0 Å². The van der Waals surface area contributed by atoms with Crippen LogP contribution >= 0.6 is 11.3 Å². The predicted octanol–water partition coefficient (Wildman–Crippen LogP) is 4.45. The summed E-state index contributed by atoms with van der Waals surface area (Å²) >= 11 is 1.62. The third-order valence-electron chi connectivity index (χ3n) is 7.89. The molecule has 3 aromatic rings. The Kier molecular flexibility index (Phi) is 7.88. The van der Waals surface area contributed by atoms with E-state index in [0.717, 1.165) is 41.9 Å². The van der Waals surface area contributed by atoms with Crippen molar-refractivity contribution in [2.24, 2.45) is 5.92 Å². The summed E-state index contributed by atoms with van der Waals surface area (Å²) in [6, 6.07) is 11.7. The van der Waals surface area contributed by atoms with Crippen LogP contribution in [0.2, 0.25) is 0 Å². The molecule has 3 heterocycles. The molecule has 2 fully saturated rings. The van der Waals surface area contributed by atoms with Crippen molar-refractivity contribution in [2.45, 2.75) is 57.7 Å². The number of nitrogens with zero attached hydrogens (tertiary/aromatic N) is 2. The number of amides is 2. The van der Waals surface area contributed by atoms with E-state index in [1.54, 1.807) is 18.4 Å². The van der Waals surface area contributed by atoms with Gasteiger partial charge in [0.2, 0.25) is 11.8 Å². The number of benzene rings is 2. The molecule has 2 N–H and O–H groups in total. The lowest BCUT2D eigenvalue weighted by atomic mass is 9.90. The monoisotopic (exact) mass is 520 g/mol. The number of likely N-dealkylation sites (tertiary alicyclic amines) is 1. The largest absolute Gasteiger partial charge is 0.381 e. The number of aryl methyl sites for hydroxylation is 1. The molecule has 2 aromatic carbocycles. The highest BCUT2D eigenvalue weighted by Crippen LogP contribution is 2.38. The maximum absolute atomic E-state index is 14.0. The lowest BCUT2D eigenvalue weighted by molar-refractivity contribution is -0.140. The Morgan fingerprint density at radius 1 is 1.11 bits per heavy atom. The third kappa shape index (κ3) is 5.28. The van der Waals surface area contributed by atoms with Gasteiger partial charge in [-0.05, 0) is 68.8 Å². The van der Waals surface area contributed by atoms with Gasteiger partial charge in [-0.25, -0.2) is 4.98 Å². The SMILES string of the molecule is CN[C@@H](C)C(=O)N[C@@H](C(=O)N1CCC[C@H]1c1nc(-c2ccc(C)c3ccccc23)cs1)C1CCOCC1. The quantitative estimate of drug-likeness (QED) is 0.481. The van der Waals surface area contributed by atoms with Crippen LogP contribution in [0.15, 0.2) is 41.8 Å². The Balaban J connectivity index is 1.41. The van der Waals surface area contributed by atoms with E-state index >= 15 is 0 Å². The summed E-state index contributed by atoms with van der Waals surface area (Å²) in [7, 11) is 1.75. The summed E-state index contributed by atoms with van der Waals surface area (Å²) in [6.45, 7) is 5.87. The fourth-order valence-corrected chi connectivity index (χ4v) is 6.51. The molecule has 0 radical (unpaired) electrons. The van der Waals surface area contributed by atoms with Crippen molar-refractivity contribution in [1.29, 1.82) is 0 Å². The average molecular weight is 521 g/mol. The predicted molar refractivity (Wildman–Crippen MR) is 147 cm³/mol. The van der Waals surface area contributed by atoms with Gasteiger partial charge in [0, 0.05) is 30.7 Å². The molecule has 2 saturated heterocycles. The third-order valence-corrected chi connectivity index (χ3v) is 8.83. The molecule has 2 amide bonds. The molecule has 0 aliphatic carbocycles. The molecule has 0 spiro atoms. The van der Waals surface area contributed by atoms with Crippen LogP contribution in [0.25, 0.3) is 22.0 Å². The van der Waals surface area contributed by atoms with Gasteiger partial charge in [-0.3, -0.25) is 9.59 Å². The van der Waals surface area contributed by atoms with Crippen molar-refractivity contribution >= 4 is 33.9 Å². The van der Waals surface area contributed by atoms with E-state index in [-0.39, 0.29) is 29.8 Å². The van der Waals surface area contributed by atoms with E-state index in [0.29, 0.717) is 19.8 Å². The maximum atomic E-state index is 14.0. The minimum atomic E-state index is -0.548. The van der Waals surface area contributed by atoms with Crippen LogP contribution in [0, 0.1) is 12.8 Å². The number of nitrogens with one attached hydrogen (secondary N) is 2. The zero-order valence-corrected chi connectivity index (χ0v) is 22.6. The second-order valence-corrected chi connectivity index (χ2v) is 11.1.